The molecule has 0 saturated carbocycles. The van der Waals surface area contributed by atoms with E-state index in [9.17, 15) is 0 Å². The Morgan fingerprint density at radius 3 is 2.61 bits per heavy atom. The lowest BCUT2D eigenvalue weighted by Gasteiger charge is -2.26. The molecule has 0 aliphatic rings. The summed E-state index contributed by atoms with van der Waals surface area (Å²) < 4.78 is 5.83. The molecule has 102 valence electrons. The Hall–Kier alpha value is -1.06. The number of para-hydroxylation sites is 1. The van der Waals surface area contributed by atoms with Crippen LogP contribution in [0.5, 0.6) is 5.75 Å². The van der Waals surface area contributed by atoms with Gasteiger partial charge in [0.15, 0.2) is 0 Å². The molecular formula is C15H26N2O. The summed E-state index contributed by atoms with van der Waals surface area (Å²) in [5, 5.41) is 0. The van der Waals surface area contributed by atoms with Crippen molar-refractivity contribution in [1.82, 2.24) is 4.90 Å². The Morgan fingerprint density at radius 1 is 1.28 bits per heavy atom. The number of ether oxygens (including phenoxy) is 1. The number of benzene rings is 1. The van der Waals surface area contributed by atoms with E-state index >= 15 is 0 Å². The Labute approximate surface area is 111 Å². The third-order valence-corrected chi connectivity index (χ3v) is 3.45. The summed E-state index contributed by atoms with van der Waals surface area (Å²) in [6, 6.07) is 8.60. The third kappa shape index (κ3) is 4.31. The van der Waals surface area contributed by atoms with Gasteiger partial charge in [-0.1, -0.05) is 32.0 Å². The maximum atomic E-state index is 5.83. The minimum Gasteiger partial charge on any atom is -0.492 e. The van der Waals surface area contributed by atoms with Crippen molar-refractivity contribution in [1.29, 1.82) is 0 Å². The van der Waals surface area contributed by atoms with Crippen molar-refractivity contribution < 1.29 is 4.74 Å². The highest BCUT2D eigenvalue weighted by atomic mass is 16.5. The van der Waals surface area contributed by atoms with Gasteiger partial charge in [-0.15, -0.1) is 0 Å². The fraction of sp³-hybridized carbons (Fsp3) is 0.600. The molecule has 1 aromatic rings. The average Bonchev–Trinajstić information content (AvgIpc) is 2.43. The number of rotatable bonds is 8. The highest BCUT2D eigenvalue weighted by Crippen LogP contribution is 2.17. The molecule has 0 fully saturated rings. The molecule has 0 aromatic heterocycles. The van der Waals surface area contributed by atoms with Crippen LogP contribution in [-0.4, -0.2) is 30.6 Å². The summed E-state index contributed by atoms with van der Waals surface area (Å²) in [6.07, 6.45) is 1.17. The first-order valence-corrected chi connectivity index (χ1v) is 6.87. The van der Waals surface area contributed by atoms with Crippen molar-refractivity contribution in [2.24, 2.45) is 5.73 Å². The van der Waals surface area contributed by atoms with E-state index in [1.807, 2.05) is 24.3 Å². The molecule has 0 aliphatic heterocycles. The van der Waals surface area contributed by atoms with E-state index in [0.717, 1.165) is 31.0 Å². The fourth-order valence-electron chi connectivity index (χ4n) is 2.03. The van der Waals surface area contributed by atoms with Crippen LogP contribution >= 0.6 is 0 Å². The molecular weight excluding hydrogens is 224 g/mol. The summed E-state index contributed by atoms with van der Waals surface area (Å²) in [4.78, 5) is 2.44. The monoisotopic (exact) mass is 250 g/mol. The van der Waals surface area contributed by atoms with Gasteiger partial charge in [-0.2, -0.15) is 0 Å². The molecule has 0 bridgehead atoms. The second-order valence-corrected chi connectivity index (χ2v) is 4.55. The highest BCUT2D eigenvalue weighted by Gasteiger charge is 2.09. The van der Waals surface area contributed by atoms with Crippen molar-refractivity contribution in [3.8, 4) is 5.75 Å². The van der Waals surface area contributed by atoms with Gasteiger partial charge in [-0.05, 0) is 26.0 Å². The third-order valence-electron chi connectivity index (χ3n) is 3.45. The zero-order valence-electron chi connectivity index (χ0n) is 11.9. The fourth-order valence-corrected chi connectivity index (χ4v) is 2.03. The Bertz CT molecular complexity index is 341. The lowest BCUT2D eigenvalue weighted by molar-refractivity contribution is 0.171. The van der Waals surface area contributed by atoms with E-state index in [-0.39, 0.29) is 0 Å². The maximum Gasteiger partial charge on any atom is 0.123 e. The largest absolute Gasteiger partial charge is 0.492 e. The van der Waals surface area contributed by atoms with E-state index < -0.39 is 0 Å². The second kappa shape index (κ2) is 8.11. The summed E-state index contributed by atoms with van der Waals surface area (Å²) in [5.41, 5.74) is 6.76. The van der Waals surface area contributed by atoms with Gasteiger partial charge < -0.3 is 10.5 Å². The van der Waals surface area contributed by atoms with Crippen LogP contribution in [0.4, 0.5) is 0 Å². The van der Waals surface area contributed by atoms with Crippen molar-refractivity contribution in [3.05, 3.63) is 29.8 Å². The minimum atomic E-state index is 0.527. The lowest BCUT2D eigenvalue weighted by atomic mass is 10.2. The predicted molar refractivity (Wildman–Crippen MR) is 76.8 cm³/mol. The van der Waals surface area contributed by atoms with Gasteiger partial charge in [0.25, 0.3) is 0 Å². The topological polar surface area (TPSA) is 38.5 Å². The number of hydrogen-bond donors (Lipinski definition) is 1. The van der Waals surface area contributed by atoms with Gasteiger partial charge in [0.2, 0.25) is 0 Å². The predicted octanol–water partition coefficient (Wildman–Crippen LogP) is 2.64. The van der Waals surface area contributed by atoms with Gasteiger partial charge in [-0.3, -0.25) is 4.90 Å². The van der Waals surface area contributed by atoms with Gasteiger partial charge in [0.1, 0.15) is 12.4 Å². The Balaban J connectivity index is 2.45. The van der Waals surface area contributed by atoms with Crippen LogP contribution in [0.2, 0.25) is 0 Å². The van der Waals surface area contributed by atoms with Gasteiger partial charge >= 0.3 is 0 Å². The van der Waals surface area contributed by atoms with E-state index in [4.69, 9.17) is 10.5 Å². The molecule has 1 rings (SSSR count). The van der Waals surface area contributed by atoms with E-state index in [1.165, 1.54) is 6.42 Å². The zero-order valence-corrected chi connectivity index (χ0v) is 11.9. The van der Waals surface area contributed by atoms with Gasteiger partial charge in [0.05, 0.1) is 0 Å². The normalized spacial score (nSPS) is 12.7. The molecule has 0 heterocycles. The number of nitrogens with zero attached hydrogens (tertiary/aromatic N) is 1. The number of likely N-dealkylation sites (N-methyl/N-ethyl adjacent to an activating group) is 1. The molecule has 1 atom stereocenters. The number of nitrogens with two attached hydrogens (primary N) is 1. The highest BCUT2D eigenvalue weighted by molar-refractivity contribution is 5.32. The first-order valence-electron chi connectivity index (χ1n) is 6.87. The van der Waals surface area contributed by atoms with Gasteiger partial charge in [-0.25, -0.2) is 0 Å². The second-order valence-electron chi connectivity index (χ2n) is 4.55. The first kappa shape index (κ1) is 15.0. The van der Waals surface area contributed by atoms with Crippen molar-refractivity contribution in [2.75, 3.05) is 19.7 Å². The summed E-state index contributed by atoms with van der Waals surface area (Å²) in [7, 11) is 0. The SMILES string of the molecule is CCC(C)N(CC)CCOc1ccccc1CN. The van der Waals surface area contributed by atoms with Crippen molar-refractivity contribution in [2.45, 2.75) is 39.8 Å². The molecule has 0 spiro atoms. The van der Waals surface area contributed by atoms with Crippen LogP contribution in [0.3, 0.4) is 0 Å². The molecule has 0 amide bonds. The van der Waals surface area contributed by atoms with Crippen molar-refractivity contribution >= 4 is 0 Å². The van der Waals surface area contributed by atoms with Crippen LogP contribution in [0.25, 0.3) is 0 Å². The molecule has 1 unspecified atom stereocenters. The van der Waals surface area contributed by atoms with Crippen LogP contribution in [0.1, 0.15) is 32.8 Å². The maximum absolute atomic E-state index is 5.83. The van der Waals surface area contributed by atoms with Crippen LogP contribution in [-0.2, 0) is 6.54 Å². The Morgan fingerprint density at radius 2 is 2.00 bits per heavy atom. The molecule has 1 aromatic carbocycles. The summed E-state index contributed by atoms with van der Waals surface area (Å²) in [5.74, 6) is 0.917. The molecule has 2 N–H and O–H groups in total. The molecule has 0 saturated heterocycles. The van der Waals surface area contributed by atoms with E-state index in [0.29, 0.717) is 12.6 Å². The molecule has 0 aliphatic carbocycles. The minimum absolute atomic E-state index is 0.527. The standard InChI is InChI=1S/C15H26N2O/c1-4-13(3)17(5-2)10-11-18-15-9-7-6-8-14(15)12-16/h6-9,13H,4-5,10-12,16H2,1-3H3. The summed E-state index contributed by atoms with van der Waals surface area (Å²) in [6.45, 7) is 9.95. The molecule has 0 radical (unpaired) electrons. The van der Waals surface area contributed by atoms with E-state index in [1.54, 1.807) is 0 Å². The Kier molecular flexibility index (Phi) is 6.76. The quantitative estimate of drug-likeness (QED) is 0.771. The number of hydrogen-bond acceptors (Lipinski definition) is 3. The van der Waals surface area contributed by atoms with E-state index in [2.05, 4.69) is 25.7 Å². The van der Waals surface area contributed by atoms with Crippen LogP contribution < -0.4 is 10.5 Å². The van der Waals surface area contributed by atoms with Gasteiger partial charge in [0, 0.05) is 24.7 Å². The van der Waals surface area contributed by atoms with Crippen LogP contribution in [0.15, 0.2) is 24.3 Å². The molecule has 18 heavy (non-hydrogen) atoms. The van der Waals surface area contributed by atoms with Crippen molar-refractivity contribution in [3.63, 3.8) is 0 Å². The van der Waals surface area contributed by atoms with Crippen LogP contribution in [0, 0.1) is 0 Å². The average molecular weight is 250 g/mol. The molecule has 3 nitrogen and oxygen atoms in total. The zero-order chi connectivity index (χ0) is 13.4. The molecule has 3 heteroatoms. The smallest absolute Gasteiger partial charge is 0.123 e. The summed E-state index contributed by atoms with van der Waals surface area (Å²) >= 11 is 0. The first-order chi connectivity index (χ1) is 8.72. The lowest BCUT2D eigenvalue weighted by Crippen LogP contribution is -2.35.